The van der Waals surface area contributed by atoms with Crippen LogP contribution in [0.2, 0.25) is 0 Å². The summed E-state index contributed by atoms with van der Waals surface area (Å²) in [6, 6.07) is 0. The van der Waals surface area contributed by atoms with Crippen LogP contribution in [-0.4, -0.2) is 12.6 Å². The number of hydrogen-bond acceptors (Lipinski definition) is 2. The second-order valence-electron chi connectivity index (χ2n) is 1.53. The van der Waals surface area contributed by atoms with Crippen molar-refractivity contribution in [3.8, 4) is 0 Å². The fraction of sp³-hybridized carbons (Fsp3) is 0.286. The van der Waals surface area contributed by atoms with Gasteiger partial charge >= 0.3 is 5.97 Å². The third-order valence-corrected chi connectivity index (χ3v) is 0.813. The molecule has 0 atom stereocenters. The van der Waals surface area contributed by atoms with Gasteiger partial charge < -0.3 is 4.74 Å². The standard InChI is InChI=1S/C7H9ClO2/c1-3-10-7(9)5-4-6(2)8/h4-5H,2-3H2,1H3/b5-4+. The Hall–Kier alpha value is -0.760. The molecule has 0 saturated carbocycles. The molecule has 0 rings (SSSR count). The lowest BCUT2D eigenvalue weighted by molar-refractivity contribution is -0.137. The number of esters is 1. The van der Waals surface area contributed by atoms with E-state index in [1.165, 1.54) is 12.2 Å². The van der Waals surface area contributed by atoms with Crippen LogP contribution >= 0.6 is 11.6 Å². The number of halogens is 1. The van der Waals surface area contributed by atoms with Crippen LogP contribution in [0.5, 0.6) is 0 Å². The molecule has 10 heavy (non-hydrogen) atoms. The summed E-state index contributed by atoms with van der Waals surface area (Å²) < 4.78 is 4.57. The summed E-state index contributed by atoms with van der Waals surface area (Å²) in [6.45, 7) is 5.47. The number of carbonyl (C=O) groups is 1. The molecular weight excluding hydrogens is 152 g/mol. The Balaban J connectivity index is 3.67. The van der Waals surface area contributed by atoms with E-state index < -0.39 is 5.97 Å². The molecule has 0 radical (unpaired) electrons. The third kappa shape index (κ3) is 5.38. The molecule has 0 aliphatic rings. The molecule has 0 fully saturated rings. The second-order valence-corrected chi connectivity index (χ2v) is 2.02. The van der Waals surface area contributed by atoms with Crippen LogP contribution in [0, 0.1) is 0 Å². The predicted molar refractivity (Wildman–Crippen MR) is 40.8 cm³/mol. The minimum atomic E-state index is -0.399. The molecule has 0 unspecified atom stereocenters. The number of ether oxygens (including phenoxy) is 1. The number of hydrogen-bond donors (Lipinski definition) is 0. The molecule has 0 heterocycles. The highest BCUT2D eigenvalue weighted by Crippen LogP contribution is 1.97. The number of carbonyl (C=O) groups excluding carboxylic acids is 1. The molecule has 0 amide bonds. The van der Waals surface area contributed by atoms with Crippen molar-refractivity contribution < 1.29 is 9.53 Å². The first-order valence-electron chi connectivity index (χ1n) is 2.86. The first-order chi connectivity index (χ1) is 4.66. The van der Waals surface area contributed by atoms with Gasteiger partial charge in [0, 0.05) is 11.1 Å². The summed E-state index contributed by atoms with van der Waals surface area (Å²) in [6.07, 6.45) is 2.62. The summed E-state index contributed by atoms with van der Waals surface area (Å²) in [7, 11) is 0. The molecule has 0 N–H and O–H groups in total. The van der Waals surface area contributed by atoms with Gasteiger partial charge in [-0.2, -0.15) is 0 Å². The maximum atomic E-state index is 10.5. The average Bonchev–Trinajstić information content (AvgIpc) is 1.85. The highest BCUT2D eigenvalue weighted by Gasteiger charge is 1.91. The number of rotatable bonds is 3. The molecule has 3 heteroatoms. The minimum Gasteiger partial charge on any atom is -0.463 e. The van der Waals surface area contributed by atoms with Gasteiger partial charge in [0.2, 0.25) is 0 Å². The Labute approximate surface area is 65.1 Å². The van der Waals surface area contributed by atoms with E-state index in [0.29, 0.717) is 11.6 Å². The smallest absolute Gasteiger partial charge is 0.330 e. The van der Waals surface area contributed by atoms with Gasteiger partial charge in [-0.05, 0) is 13.0 Å². The topological polar surface area (TPSA) is 26.3 Å². The molecule has 0 aromatic heterocycles. The van der Waals surface area contributed by atoms with Crippen LogP contribution in [0.25, 0.3) is 0 Å². The van der Waals surface area contributed by atoms with Gasteiger partial charge in [0.15, 0.2) is 0 Å². The van der Waals surface area contributed by atoms with Crippen LogP contribution in [0.1, 0.15) is 6.92 Å². The van der Waals surface area contributed by atoms with Gasteiger partial charge in [0.05, 0.1) is 6.61 Å². The molecule has 2 nitrogen and oxygen atoms in total. The summed E-state index contributed by atoms with van der Waals surface area (Å²) in [5, 5.41) is 0.313. The zero-order valence-corrected chi connectivity index (χ0v) is 6.52. The highest BCUT2D eigenvalue weighted by atomic mass is 35.5. The third-order valence-electron chi connectivity index (χ3n) is 0.687. The van der Waals surface area contributed by atoms with E-state index in [2.05, 4.69) is 11.3 Å². The molecule has 0 aromatic carbocycles. The molecular formula is C7H9ClO2. The van der Waals surface area contributed by atoms with Gasteiger partial charge in [-0.3, -0.25) is 0 Å². The summed E-state index contributed by atoms with van der Waals surface area (Å²) in [5.41, 5.74) is 0. The molecule has 0 bridgehead atoms. The highest BCUT2D eigenvalue weighted by molar-refractivity contribution is 6.31. The van der Waals surface area contributed by atoms with Crippen molar-refractivity contribution in [3.05, 3.63) is 23.8 Å². The average molecular weight is 161 g/mol. The minimum absolute atomic E-state index is 0.313. The maximum Gasteiger partial charge on any atom is 0.330 e. The van der Waals surface area contributed by atoms with Gasteiger partial charge in [0.1, 0.15) is 0 Å². The Kier molecular flexibility index (Phi) is 4.67. The van der Waals surface area contributed by atoms with Crippen molar-refractivity contribution >= 4 is 17.6 Å². The molecule has 0 spiro atoms. The molecule has 0 aliphatic heterocycles. The molecule has 56 valence electrons. The van der Waals surface area contributed by atoms with Gasteiger partial charge in [-0.1, -0.05) is 18.2 Å². The summed E-state index contributed by atoms with van der Waals surface area (Å²) in [4.78, 5) is 10.5. The second kappa shape index (κ2) is 5.06. The normalized spacial score (nSPS) is 9.80. The zero-order valence-electron chi connectivity index (χ0n) is 5.76. The number of allylic oxidation sites excluding steroid dienone is 2. The Morgan fingerprint density at radius 1 is 1.70 bits per heavy atom. The van der Waals surface area contributed by atoms with Crippen molar-refractivity contribution in [1.82, 2.24) is 0 Å². The monoisotopic (exact) mass is 160 g/mol. The van der Waals surface area contributed by atoms with Crippen molar-refractivity contribution in [1.29, 1.82) is 0 Å². The van der Waals surface area contributed by atoms with E-state index in [0.717, 1.165) is 0 Å². The Bertz CT molecular complexity index is 161. The zero-order chi connectivity index (χ0) is 7.98. The van der Waals surface area contributed by atoms with E-state index in [4.69, 9.17) is 11.6 Å². The first-order valence-corrected chi connectivity index (χ1v) is 3.24. The van der Waals surface area contributed by atoms with Crippen LogP contribution in [-0.2, 0) is 9.53 Å². The van der Waals surface area contributed by atoms with E-state index >= 15 is 0 Å². The van der Waals surface area contributed by atoms with Gasteiger partial charge in [-0.15, -0.1) is 0 Å². The van der Waals surface area contributed by atoms with Crippen LogP contribution in [0.4, 0.5) is 0 Å². The fourth-order valence-electron chi connectivity index (χ4n) is 0.349. The van der Waals surface area contributed by atoms with E-state index in [9.17, 15) is 4.79 Å². The van der Waals surface area contributed by atoms with Crippen LogP contribution in [0.15, 0.2) is 23.8 Å². The van der Waals surface area contributed by atoms with Gasteiger partial charge in [0.25, 0.3) is 0 Å². The van der Waals surface area contributed by atoms with Crippen molar-refractivity contribution in [2.75, 3.05) is 6.61 Å². The molecule has 0 aliphatic carbocycles. The predicted octanol–water partition coefficient (Wildman–Crippen LogP) is 1.86. The SMILES string of the molecule is C=C(Cl)/C=C/C(=O)OCC. The van der Waals surface area contributed by atoms with Crippen LogP contribution in [0.3, 0.4) is 0 Å². The van der Waals surface area contributed by atoms with E-state index in [1.54, 1.807) is 6.92 Å². The lowest BCUT2D eigenvalue weighted by Crippen LogP contribution is -1.98. The molecule has 0 aromatic rings. The Morgan fingerprint density at radius 2 is 2.30 bits per heavy atom. The summed E-state index contributed by atoms with van der Waals surface area (Å²) in [5.74, 6) is -0.399. The lowest BCUT2D eigenvalue weighted by atomic mass is 10.5. The first kappa shape index (κ1) is 9.24. The largest absolute Gasteiger partial charge is 0.463 e. The van der Waals surface area contributed by atoms with Crippen molar-refractivity contribution in [3.63, 3.8) is 0 Å². The van der Waals surface area contributed by atoms with E-state index in [-0.39, 0.29) is 0 Å². The molecule has 0 saturated heterocycles. The summed E-state index contributed by atoms with van der Waals surface area (Å²) >= 11 is 5.33. The Morgan fingerprint density at radius 3 is 2.70 bits per heavy atom. The van der Waals surface area contributed by atoms with E-state index in [1.807, 2.05) is 0 Å². The quantitative estimate of drug-likeness (QED) is 0.358. The fourth-order valence-corrected chi connectivity index (χ4v) is 0.412. The lowest BCUT2D eigenvalue weighted by Gasteiger charge is -1.92. The van der Waals surface area contributed by atoms with Gasteiger partial charge in [-0.25, -0.2) is 4.79 Å². The maximum absolute atomic E-state index is 10.5. The van der Waals surface area contributed by atoms with Crippen LogP contribution < -0.4 is 0 Å². The van der Waals surface area contributed by atoms with Crippen molar-refractivity contribution in [2.24, 2.45) is 0 Å². The van der Waals surface area contributed by atoms with Crippen molar-refractivity contribution in [2.45, 2.75) is 6.92 Å².